The Morgan fingerprint density at radius 1 is 1.15 bits per heavy atom. The van der Waals surface area contributed by atoms with Crippen LogP contribution in [-0.4, -0.2) is 64.4 Å². The molecule has 13 heteroatoms. The van der Waals surface area contributed by atoms with E-state index in [4.69, 9.17) is 9.47 Å². The SMILES string of the molecule is C[C@@H](OC(C)(C)C)[C@H](NC(=O)OCc1ccccc1)C(=O)Nc1cc(CN2C[C@@H](C(F)(F)F)NC2=O)ccn1. The van der Waals surface area contributed by atoms with E-state index in [0.29, 0.717) is 5.56 Å². The van der Waals surface area contributed by atoms with Gasteiger partial charge in [-0.1, -0.05) is 30.3 Å². The number of anilines is 1. The number of alkyl carbamates (subject to hydrolysis) is 1. The second-order valence-corrected chi connectivity index (χ2v) is 10.1. The van der Waals surface area contributed by atoms with Gasteiger partial charge in [0, 0.05) is 12.7 Å². The first-order chi connectivity index (χ1) is 18.2. The van der Waals surface area contributed by atoms with E-state index in [0.717, 1.165) is 10.5 Å². The summed E-state index contributed by atoms with van der Waals surface area (Å²) in [4.78, 5) is 42.8. The second-order valence-electron chi connectivity index (χ2n) is 10.1. The van der Waals surface area contributed by atoms with Crippen molar-refractivity contribution in [3.8, 4) is 0 Å². The molecule has 10 nitrogen and oxygen atoms in total. The van der Waals surface area contributed by atoms with Crippen LogP contribution in [0.1, 0.15) is 38.8 Å². The Labute approximate surface area is 224 Å². The third-order valence-electron chi connectivity index (χ3n) is 5.61. The molecule has 2 aromatic rings. The van der Waals surface area contributed by atoms with Crippen molar-refractivity contribution in [1.82, 2.24) is 20.5 Å². The van der Waals surface area contributed by atoms with Crippen LogP contribution in [0.25, 0.3) is 0 Å². The molecule has 39 heavy (non-hydrogen) atoms. The van der Waals surface area contributed by atoms with E-state index in [9.17, 15) is 27.6 Å². The monoisotopic (exact) mass is 551 g/mol. The molecule has 4 amide bonds. The van der Waals surface area contributed by atoms with Crippen LogP contribution in [-0.2, 0) is 27.4 Å². The van der Waals surface area contributed by atoms with E-state index in [2.05, 4.69) is 15.6 Å². The molecule has 1 aromatic heterocycles. The zero-order chi connectivity index (χ0) is 28.8. The number of halogens is 3. The van der Waals surface area contributed by atoms with Gasteiger partial charge >= 0.3 is 18.3 Å². The molecule has 1 aliphatic rings. The lowest BCUT2D eigenvalue weighted by Crippen LogP contribution is -2.52. The number of hydrogen-bond acceptors (Lipinski definition) is 6. The Bertz CT molecular complexity index is 1160. The number of rotatable bonds is 9. The van der Waals surface area contributed by atoms with Crippen LogP contribution in [0.4, 0.5) is 28.6 Å². The predicted octanol–water partition coefficient (Wildman–Crippen LogP) is 3.97. The van der Waals surface area contributed by atoms with Gasteiger partial charge in [-0.3, -0.25) is 4.79 Å². The number of carbonyl (C=O) groups excluding carboxylic acids is 3. The second kappa shape index (κ2) is 12.3. The minimum absolute atomic E-state index is 0.00159. The number of urea groups is 1. The van der Waals surface area contributed by atoms with Gasteiger partial charge in [-0.2, -0.15) is 13.2 Å². The van der Waals surface area contributed by atoms with Gasteiger partial charge in [0.15, 0.2) is 0 Å². The first kappa shape index (κ1) is 29.7. The molecule has 1 aliphatic heterocycles. The van der Waals surface area contributed by atoms with Gasteiger partial charge < -0.3 is 30.3 Å². The van der Waals surface area contributed by atoms with Crippen LogP contribution in [0.3, 0.4) is 0 Å². The highest BCUT2D eigenvalue weighted by Gasteiger charge is 2.46. The standard InChI is InChI=1S/C26H32F3N5O5/c1-16(39-25(2,3)4)21(33-24(37)38-15-17-8-6-5-7-9-17)22(35)32-20-12-18(10-11-30-20)13-34-14-19(26(27,28)29)31-23(34)36/h5-12,16,19,21H,13-15H2,1-4H3,(H,31,36)(H,33,37)(H,30,32,35)/t16-,19+,21+/m1/s1. The van der Waals surface area contributed by atoms with E-state index < -0.39 is 54.5 Å². The van der Waals surface area contributed by atoms with Crippen molar-refractivity contribution < 1.29 is 37.0 Å². The van der Waals surface area contributed by atoms with E-state index in [1.165, 1.54) is 18.3 Å². The van der Waals surface area contributed by atoms with Gasteiger partial charge in [0.2, 0.25) is 0 Å². The average molecular weight is 552 g/mol. The average Bonchev–Trinajstić information content (AvgIpc) is 3.21. The topological polar surface area (TPSA) is 122 Å². The van der Waals surface area contributed by atoms with Gasteiger partial charge in [-0.25, -0.2) is 14.6 Å². The highest BCUT2D eigenvalue weighted by Crippen LogP contribution is 2.25. The Hall–Kier alpha value is -3.87. The number of carbonyl (C=O) groups is 3. The largest absolute Gasteiger partial charge is 0.445 e. The molecule has 3 rings (SSSR count). The summed E-state index contributed by atoms with van der Waals surface area (Å²) >= 11 is 0. The van der Waals surface area contributed by atoms with Crippen LogP contribution in [0, 0.1) is 0 Å². The first-order valence-corrected chi connectivity index (χ1v) is 12.2. The number of amides is 4. The molecule has 1 fully saturated rings. The fourth-order valence-electron chi connectivity index (χ4n) is 3.89. The maximum Gasteiger partial charge on any atom is 0.410 e. The lowest BCUT2D eigenvalue weighted by atomic mass is 10.1. The molecule has 3 N–H and O–H groups in total. The fraction of sp³-hybridized carbons (Fsp3) is 0.462. The molecule has 0 aliphatic carbocycles. The van der Waals surface area contributed by atoms with Crippen LogP contribution in [0.15, 0.2) is 48.7 Å². The van der Waals surface area contributed by atoms with E-state index in [1.807, 2.05) is 11.4 Å². The highest BCUT2D eigenvalue weighted by atomic mass is 19.4. The maximum atomic E-state index is 13.2. The molecule has 3 atom stereocenters. The molecular weight excluding hydrogens is 519 g/mol. The van der Waals surface area contributed by atoms with Crippen molar-refractivity contribution >= 4 is 23.8 Å². The van der Waals surface area contributed by atoms with Gasteiger partial charge in [-0.05, 0) is 51.0 Å². The van der Waals surface area contributed by atoms with Gasteiger partial charge in [0.25, 0.3) is 5.91 Å². The molecule has 0 saturated carbocycles. The summed E-state index contributed by atoms with van der Waals surface area (Å²) in [6.45, 7) is 6.36. The van der Waals surface area contributed by atoms with Gasteiger partial charge in [-0.15, -0.1) is 0 Å². The number of pyridine rings is 1. The smallest absolute Gasteiger partial charge is 0.410 e. The third-order valence-corrected chi connectivity index (χ3v) is 5.61. The Balaban J connectivity index is 1.67. The highest BCUT2D eigenvalue weighted by molar-refractivity contribution is 5.96. The number of nitrogens with one attached hydrogen (secondary N) is 3. The molecule has 1 aromatic carbocycles. The minimum atomic E-state index is -4.56. The van der Waals surface area contributed by atoms with Crippen LogP contribution in [0.5, 0.6) is 0 Å². The summed E-state index contributed by atoms with van der Waals surface area (Å²) in [5.74, 6) is -0.569. The zero-order valence-electron chi connectivity index (χ0n) is 22.0. The first-order valence-electron chi connectivity index (χ1n) is 12.2. The number of hydrogen-bond donors (Lipinski definition) is 3. The Morgan fingerprint density at radius 2 is 1.85 bits per heavy atom. The van der Waals surface area contributed by atoms with Crippen molar-refractivity contribution in [2.45, 2.75) is 70.8 Å². The number of alkyl halides is 3. The van der Waals surface area contributed by atoms with Crippen LogP contribution in [0.2, 0.25) is 0 Å². The maximum absolute atomic E-state index is 13.2. The Kier molecular flexibility index (Phi) is 9.38. The minimum Gasteiger partial charge on any atom is -0.445 e. The lowest BCUT2D eigenvalue weighted by Gasteiger charge is -2.30. The summed E-state index contributed by atoms with van der Waals surface area (Å²) in [6, 6.07) is 8.00. The molecule has 0 spiro atoms. The van der Waals surface area contributed by atoms with Crippen molar-refractivity contribution in [2.24, 2.45) is 0 Å². The predicted molar refractivity (Wildman–Crippen MR) is 136 cm³/mol. The van der Waals surface area contributed by atoms with Crippen molar-refractivity contribution in [3.05, 3.63) is 59.8 Å². The molecule has 2 heterocycles. The molecule has 1 saturated heterocycles. The lowest BCUT2D eigenvalue weighted by molar-refractivity contribution is -0.149. The summed E-state index contributed by atoms with van der Waals surface area (Å²) in [5, 5.41) is 7.04. The van der Waals surface area contributed by atoms with Crippen LogP contribution < -0.4 is 16.0 Å². The fourth-order valence-corrected chi connectivity index (χ4v) is 3.89. The summed E-state index contributed by atoms with van der Waals surface area (Å²) in [6.07, 6.45) is -4.81. The molecule has 212 valence electrons. The normalized spacial score (nSPS) is 17.3. The van der Waals surface area contributed by atoms with Crippen molar-refractivity contribution in [1.29, 1.82) is 0 Å². The van der Waals surface area contributed by atoms with E-state index in [1.54, 1.807) is 52.0 Å². The number of ether oxygens (including phenoxy) is 2. The van der Waals surface area contributed by atoms with Gasteiger partial charge in [0.1, 0.15) is 24.5 Å². The van der Waals surface area contributed by atoms with Gasteiger partial charge in [0.05, 0.1) is 18.2 Å². The Morgan fingerprint density at radius 3 is 2.46 bits per heavy atom. The summed E-state index contributed by atoms with van der Waals surface area (Å²) < 4.78 is 50.1. The number of nitrogens with zero attached hydrogens (tertiary/aromatic N) is 2. The third kappa shape index (κ3) is 9.13. The van der Waals surface area contributed by atoms with Crippen LogP contribution >= 0.6 is 0 Å². The molecule has 0 radical (unpaired) electrons. The quantitative estimate of drug-likeness (QED) is 0.434. The molecule has 0 unspecified atom stereocenters. The summed E-state index contributed by atoms with van der Waals surface area (Å²) in [7, 11) is 0. The van der Waals surface area contributed by atoms with E-state index >= 15 is 0 Å². The zero-order valence-corrected chi connectivity index (χ0v) is 22.0. The van der Waals surface area contributed by atoms with Crippen molar-refractivity contribution in [3.63, 3.8) is 0 Å². The number of aromatic nitrogens is 1. The summed E-state index contributed by atoms with van der Waals surface area (Å²) in [5.41, 5.74) is 0.585. The molecular formula is C26H32F3N5O5. The van der Waals surface area contributed by atoms with E-state index in [-0.39, 0.29) is 19.0 Å². The molecule has 0 bridgehead atoms. The number of benzene rings is 1. The van der Waals surface area contributed by atoms with Crippen molar-refractivity contribution in [2.75, 3.05) is 11.9 Å².